The first kappa shape index (κ1) is 11.0. The van der Waals surface area contributed by atoms with Crippen LogP contribution in [0.5, 0.6) is 0 Å². The Morgan fingerprint density at radius 3 is 2.88 bits per heavy atom. The van der Waals surface area contributed by atoms with Gasteiger partial charge in [0.15, 0.2) is 0 Å². The maximum Gasteiger partial charge on any atom is 0.0953 e. The maximum absolute atomic E-state index is 5.85. The first-order valence-electron chi connectivity index (χ1n) is 5.77. The lowest BCUT2D eigenvalue weighted by Gasteiger charge is -2.34. The van der Waals surface area contributed by atoms with E-state index in [1.807, 2.05) is 24.7 Å². The van der Waals surface area contributed by atoms with E-state index in [9.17, 15) is 0 Å². The number of rotatable bonds is 2. The predicted octanol–water partition coefficient (Wildman–Crippen LogP) is 2.97. The van der Waals surface area contributed by atoms with Crippen molar-refractivity contribution >= 4 is 15.9 Å². The fourth-order valence-electron chi connectivity index (χ4n) is 2.32. The standard InChI is InChI=1S/C13H14BrN3/c14-10-3-1-2-9(4-10)13-7-16-8-17(13)12-5-11(15)6-12/h1-4,7-8,11-12H,5-6,15H2. The average molecular weight is 292 g/mol. The predicted molar refractivity (Wildman–Crippen MR) is 71.6 cm³/mol. The van der Waals surface area contributed by atoms with E-state index in [2.05, 4.69) is 37.6 Å². The van der Waals surface area contributed by atoms with Gasteiger partial charge in [0.2, 0.25) is 0 Å². The van der Waals surface area contributed by atoms with Crippen molar-refractivity contribution in [1.29, 1.82) is 0 Å². The first-order chi connectivity index (χ1) is 8.24. The molecule has 3 rings (SSSR count). The summed E-state index contributed by atoms with van der Waals surface area (Å²) in [6.07, 6.45) is 5.94. The summed E-state index contributed by atoms with van der Waals surface area (Å²) in [7, 11) is 0. The number of hydrogen-bond acceptors (Lipinski definition) is 2. The minimum atomic E-state index is 0.359. The van der Waals surface area contributed by atoms with Crippen LogP contribution in [0.4, 0.5) is 0 Å². The minimum Gasteiger partial charge on any atom is -0.328 e. The van der Waals surface area contributed by atoms with Crippen LogP contribution >= 0.6 is 15.9 Å². The van der Waals surface area contributed by atoms with E-state index in [4.69, 9.17) is 5.73 Å². The summed E-state index contributed by atoms with van der Waals surface area (Å²) in [5.41, 5.74) is 8.21. The van der Waals surface area contributed by atoms with Crippen LogP contribution in [0, 0.1) is 0 Å². The van der Waals surface area contributed by atoms with Crippen LogP contribution in [0.25, 0.3) is 11.3 Å². The maximum atomic E-state index is 5.85. The molecular weight excluding hydrogens is 278 g/mol. The Morgan fingerprint density at radius 2 is 2.18 bits per heavy atom. The Hall–Kier alpha value is -1.13. The van der Waals surface area contributed by atoms with Gasteiger partial charge in [-0.3, -0.25) is 0 Å². The molecule has 1 aromatic heterocycles. The second-order valence-corrected chi connectivity index (χ2v) is 5.50. The molecular formula is C13H14BrN3. The summed E-state index contributed by atoms with van der Waals surface area (Å²) in [6.45, 7) is 0. The van der Waals surface area contributed by atoms with Crippen LogP contribution < -0.4 is 5.73 Å². The summed E-state index contributed by atoms with van der Waals surface area (Å²) in [5, 5.41) is 0. The molecule has 4 heteroatoms. The Morgan fingerprint density at radius 1 is 1.35 bits per heavy atom. The summed E-state index contributed by atoms with van der Waals surface area (Å²) in [6, 6.07) is 9.18. The van der Waals surface area contributed by atoms with Crippen molar-refractivity contribution in [3.8, 4) is 11.3 Å². The third-order valence-corrected chi connectivity index (χ3v) is 3.82. The van der Waals surface area contributed by atoms with Gasteiger partial charge in [0.05, 0.1) is 18.2 Å². The molecule has 0 aliphatic heterocycles. The monoisotopic (exact) mass is 291 g/mol. The van der Waals surface area contributed by atoms with Crippen LogP contribution in [0.15, 0.2) is 41.3 Å². The second kappa shape index (κ2) is 4.27. The van der Waals surface area contributed by atoms with Crippen molar-refractivity contribution in [3.05, 3.63) is 41.3 Å². The molecule has 1 aliphatic carbocycles. The lowest BCUT2D eigenvalue weighted by molar-refractivity contribution is 0.268. The van der Waals surface area contributed by atoms with E-state index in [0.717, 1.165) is 17.3 Å². The molecule has 0 saturated heterocycles. The number of nitrogens with zero attached hydrogens (tertiary/aromatic N) is 2. The summed E-state index contributed by atoms with van der Waals surface area (Å²) in [5.74, 6) is 0. The highest BCUT2D eigenvalue weighted by Crippen LogP contribution is 2.34. The van der Waals surface area contributed by atoms with Crippen molar-refractivity contribution in [1.82, 2.24) is 9.55 Å². The third-order valence-electron chi connectivity index (χ3n) is 3.33. The topological polar surface area (TPSA) is 43.8 Å². The fourth-order valence-corrected chi connectivity index (χ4v) is 2.72. The largest absolute Gasteiger partial charge is 0.328 e. The number of aromatic nitrogens is 2. The molecule has 1 fully saturated rings. The smallest absolute Gasteiger partial charge is 0.0953 e. The molecule has 88 valence electrons. The SMILES string of the molecule is NC1CC(n2cncc2-c2cccc(Br)c2)C1. The molecule has 17 heavy (non-hydrogen) atoms. The molecule has 2 N–H and O–H groups in total. The molecule has 0 amide bonds. The average Bonchev–Trinajstić information content (AvgIpc) is 2.73. The summed E-state index contributed by atoms with van der Waals surface area (Å²) >= 11 is 3.50. The van der Waals surface area contributed by atoms with Gasteiger partial charge < -0.3 is 10.3 Å². The number of imidazole rings is 1. The number of benzene rings is 1. The van der Waals surface area contributed by atoms with E-state index in [1.165, 1.54) is 11.3 Å². The van der Waals surface area contributed by atoms with Crippen molar-refractivity contribution in [2.75, 3.05) is 0 Å². The zero-order chi connectivity index (χ0) is 11.8. The van der Waals surface area contributed by atoms with Crippen molar-refractivity contribution < 1.29 is 0 Å². The van der Waals surface area contributed by atoms with Crippen LogP contribution in [-0.4, -0.2) is 15.6 Å². The van der Waals surface area contributed by atoms with E-state index < -0.39 is 0 Å². The van der Waals surface area contributed by atoms with Gasteiger partial charge in [0, 0.05) is 22.1 Å². The van der Waals surface area contributed by atoms with Crippen LogP contribution in [0.2, 0.25) is 0 Å². The number of nitrogens with two attached hydrogens (primary N) is 1. The van der Waals surface area contributed by atoms with Crippen LogP contribution in [0.1, 0.15) is 18.9 Å². The molecule has 0 unspecified atom stereocenters. The minimum absolute atomic E-state index is 0.359. The molecule has 0 atom stereocenters. The molecule has 1 aromatic carbocycles. The Bertz CT molecular complexity index is 529. The normalized spacial score (nSPS) is 23.4. The zero-order valence-corrected chi connectivity index (χ0v) is 11.0. The fraction of sp³-hybridized carbons (Fsp3) is 0.308. The van der Waals surface area contributed by atoms with E-state index in [0.29, 0.717) is 12.1 Å². The number of halogens is 1. The lowest BCUT2D eigenvalue weighted by Crippen LogP contribution is -2.37. The van der Waals surface area contributed by atoms with Crippen LogP contribution in [-0.2, 0) is 0 Å². The number of hydrogen-bond donors (Lipinski definition) is 1. The summed E-state index contributed by atoms with van der Waals surface area (Å²) < 4.78 is 3.33. The third kappa shape index (κ3) is 2.03. The molecule has 0 spiro atoms. The molecule has 1 heterocycles. The highest BCUT2D eigenvalue weighted by atomic mass is 79.9. The highest BCUT2D eigenvalue weighted by molar-refractivity contribution is 9.10. The molecule has 0 radical (unpaired) electrons. The quantitative estimate of drug-likeness (QED) is 0.924. The van der Waals surface area contributed by atoms with Gasteiger partial charge in [0.25, 0.3) is 0 Å². The van der Waals surface area contributed by atoms with Gasteiger partial charge >= 0.3 is 0 Å². The molecule has 0 bridgehead atoms. The van der Waals surface area contributed by atoms with Crippen molar-refractivity contribution in [2.45, 2.75) is 24.9 Å². The second-order valence-electron chi connectivity index (χ2n) is 4.58. The zero-order valence-electron chi connectivity index (χ0n) is 9.38. The van der Waals surface area contributed by atoms with Gasteiger partial charge in [-0.1, -0.05) is 28.1 Å². The van der Waals surface area contributed by atoms with Crippen LogP contribution in [0.3, 0.4) is 0 Å². The van der Waals surface area contributed by atoms with E-state index in [-0.39, 0.29) is 0 Å². The molecule has 3 nitrogen and oxygen atoms in total. The van der Waals surface area contributed by atoms with Crippen molar-refractivity contribution in [2.24, 2.45) is 5.73 Å². The van der Waals surface area contributed by atoms with Gasteiger partial charge in [0.1, 0.15) is 0 Å². The highest BCUT2D eigenvalue weighted by Gasteiger charge is 2.28. The first-order valence-corrected chi connectivity index (χ1v) is 6.56. The lowest BCUT2D eigenvalue weighted by atomic mass is 9.87. The molecule has 2 aromatic rings. The molecule has 1 saturated carbocycles. The van der Waals surface area contributed by atoms with E-state index in [1.54, 1.807) is 0 Å². The summed E-state index contributed by atoms with van der Waals surface area (Å²) in [4.78, 5) is 4.26. The molecule has 1 aliphatic rings. The van der Waals surface area contributed by atoms with Gasteiger partial charge in [-0.25, -0.2) is 4.98 Å². The van der Waals surface area contributed by atoms with E-state index >= 15 is 0 Å². The van der Waals surface area contributed by atoms with Gasteiger partial charge in [-0.2, -0.15) is 0 Å². The van der Waals surface area contributed by atoms with Crippen molar-refractivity contribution in [3.63, 3.8) is 0 Å². The Kier molecular flexibility index (Phi) is 2.76. The van der Waals surface area contributed by atoms with Gasteiger partial charge in [-0.15, -0.1) is 0 Å². The van der Waals surface area contributed by atoms with Gasteiger partial charge in [-0.05, 0) is 25.0 Å². The Labute approximate surface area is 109 Å². The Balaban J connectivity index is 1.96.